The number of hydrogen-bond donors (Lipinski definition) is 1. The van der Waals surface area contributed by atoms with Crippen LogP contribution in [-0.4, -0.2) is 36.0 Å². The van der Waals surface area contributed by atoms with Crippen molar-refractivity contribution < 1.29 is 22.8 Å². The number of amides is 2. The first kappa shape index (κ1) is 17.1. The van der Waals surface area contributed by atoms with Crippen LogP contribution in [0.25, 0.3) is 5.57 Å². The number of benzene rings is 1. The fourth-order valence-corrected chi connectivity index (χ4v) is 2.57. The Morgan fingerprint density at radius 1 is 1.22 bits per heavy atom. The minimum Gasteiger partial charge on any atom is -0.369 e. The number of likely N-dealkylation sites (tertiary alicyclic amines) is 1. The molecule has 0 aromatic heterocycles. The predicted octanol–water partition coefficient (Wildman–Crippen LogP) is 2.36. The number of carbonyl (C=O) groups excluding carboxylic acids is 2. The lowest BCUT2D eigenvalue weighted by atomic mass is 9.97. The minimum atomic E-state index is -4.64. The van der Waals surface area contributed by atoms with Crippen LogP contribution in [-0.2, 0) is 9.59 Å². The van der Waals surface area contributed by atoms with Crippen molar-refractivity contribution in [3.63, 3.8) is 0 Å². The van der Waals surface area contributed by atoms with Crippen molar-refractivity contribution in [3.8, 4) is 0 Å². The van der Waals surface area contributed by atoms with Gasteiger partial charge in [-0.25, -0.2) is 0 Å². The molecule has 1 aliphatic heterocycles. The average molecular weight is 326 g/mol. The molecule has 2 N–H and O–H groups in total. The minimum absolute atomic E-state index is 0.0601. The molecule has 4 nitrogen and oxygen atoms in total. The van der Waals surface area contributed by atoms with E-state index in [1.165, 1.54) is 29.2 Å². The third-order valence-electron chi connectivity index (χ3n) is 3.79. The predicted molar refractivity (Wildman–Crippen MR) is 79.0 cm³/mol. The molecule has 2 rings (SSSR count). The van der Waals surface area contributed by atoms with E-state index in [0.29, 0.717) is 25.5 Å². The molecule has 23 heavy (non-hydrogen) atoms. The summed E-state index contributed by atoms with van der Waals surface area (Å²) in [7, 11) is 0. The van der Waals surface area contributed by atoms with Gasteiger partial charge >= 0.3 is 6.18 Å². The van der Waals surface area contributed by atoms with Crippen LogP contribution < -0.4 is 5.73 Å². The third-order valence-corrected chi connectivity index (χ3v) is 3.79. The third kappa shape index (κ3) is 4.34. The summed E-state index contributed by atoms with van der Waals surface area (Å²) in [6.45, 7) is 0.379. The van der Waals surface area contributed by atoms with Gasteiger partial charge in [0.25, 0.3) is 0 Å². The van der Waals surface area contributed by atoms with Crippen LogP contribution in [0.15, 0.2) is 36.4 Å². The van der Waals surface area contributed by atoms with Crippen LogP contribution >= 0.6 is 0 Å². The van der Waals surface area contributed by atoms with Crippen molar-refractivity contribution in [3.05, 3.63) is 42.0 Å². The molecule has 1 saturated heterocycles. The van der Waals surface area contributed by atoms with E-state index in [4.69, 9.17) is 5.73 Å². The van der Waals surface area contributed by atoms with E-state index in [9.17, 15) is 22.8 Å². The smallest absolute Gasteiger partial charge is 0.369 e. The van der Waals surface area contributed by atoms with E-state index < -0.39 is 29.5 Å². The Bertz CT molecular complexity index is 612. The molecule has 1 aliphatic rings. The van der Waals surface area contributed by atoms with E-state index in [1.54, 1.807) is 6.07 Å². The lowest BCUT2D eigenvalue weighted by Gasteiger charge is -2.30. The monoisotopic (exact) mass is 326 g/mol. The first-order valence-corrected chi connectivity index (χ1v) is 7.21. The molecule has 1 atom stereocenters. The van der Waals surface area contributed by atoms with E-state index in [0.717, 1.165) is 0 Å². The Morgan fingerprint density at radius 2 is 1.87 bits per heavy atom. The van der Waals surface area contributed by atoms with Gasteiger partial charge in [0.2, 0.25) is 11.8 Å². The van der Waals surface area contributed by atoms with Crippen molar-refractivity contribution in [2.75, 3.05) is 13.1 Å². The molecule has 0 spiro atoms. The van der Waals surface area contributed by atoms with Gasteiger partial charge in [-0.3, -0.25) is 9.59 Å². The maximum Gasteiger partial charge on any atom is 0.417 e. The Labute approximate surface area is 131 Å². The first-order chi connectivity index (χ1) is 10.8. The Balaban J connectivity index is 2.25. The number of allylic oxidation sites excluding steroid dienone is 1. The van der Waals surface area contributed by atoms with Crippen molar-refractivity contribution >= 4 is 17.4 Å². The largest absolute Gasteiger partial charge is 0.417 e. The van der Waals surface area contributed by atoms with Gasteiger partial charge in [0.05, 0.1) is 11.5 Å². The molecule has 124 valence electrons. The topological polar surface area (TPSA) is 63.4 Å². The summed E-state index contributed by atoms with van der Waals surface area (Å²) >= 11 is 0. The standard InChI is InChI=1S/C16H17F3N2O2/c17-16(18,19)13(11-5-2-1-3-6-11)9-14(22)21-8-4-7-12(10-21)15(20)23/h1-3,5-6,9,12H,4,7-8,10H2,(H2,20,23)/b13-9-/t12-/m1/s1. The molecule has 7 heteroatoms. The molecule has 1 heterocycles. The number of nitrogens with two attached hydrogens (primary N) is 1. The first-order valence-electron chi connectivity index (χ1n) is 7.21. The van der Waals surface area contributed by atoms with Crippen LogP contribution in [0.2, 0.25) is 0 Å². The number of nitrogens with zero attached hydrogens (tertiary/aromatic N) is 1. The molecule has 0 unspecified atom stereocenters. The number of hydrogen-bond acceptors (Lipinski definition) is 2. The van der Waals surface area contributed by atoms with Crippen LogP contribution in [0.4, 0.5) is 13.2 Å². The van der Waals surface area contributed by atoms with E-state index in [2.05, 4.69) is 0 Å². The van der Waals surface area contributed by atoms with E-state index >= 15 is 0 Å². The Hall–Kier alpha value is -2.31. The molecule has 1 aromatic carbocycles. The second-order valence-electron chi connectivity index (χ2n) is 5.45. The Kier molecular flexibility index (Phi) is 5.08. The molecule has 0 bridgehead atoms. The van der Waals surface area contributed by atoms with Gasteiger partial charge in [0.15, 0.2) is 0 Å². The molecular formula is C16H17F3N2O2. The lowest BCUT2D eigenvalue weighted by molar-refractivity contribution is -0.131. The fourth-order valence-electron chi connectivity index (χ4n) is 2.57. The van der Waals surface area contributed by atoms with Crippen LogP contribution in [0, 0.1) is 5.92 Å². The average Bonchev–Trinajstić information content (AvgIpc) is 2.52. The zero-order valence-electron chi connectivity index (χ0n) is 12.3. The van der Waals surface area contributed by atoms with Crippen molar-refractivity contribution in [2.24, 2.45) is 11.7 Å². The molecule has 0 aliphatic carbocycles. The second kappa shape index (κ2) is 6.85. The molecular weight excluding hydrogens is 309 g/mol. The lowest BCUT2D eigenvalue weighted by Crippen LogP contribution is -2.43. The maximum atomic E-state index is 13.2. The van der Waals surface area contributed by atoms with Crippen molar-refractivity contribution in [1.82, 2.24) is 4.90 Å². The van der Waals surface area contributed by atoms with Crippen LogP contribution in [0.1, 0.15) is 18.4 Å². The normalized spacial score (nSPS) is 19.5. The zero-order chi connectivity index (χ0) is 17.0. The summed E-state index contributed by atoms with van der Waals surface area (Å²) in [4.78, 5) is 24.7. The van der Waals surface area contributed by atoms with Crippen LogP contribution in [0.5, 0.6) is 0 Å². The second-order valence-corrected chi connectivity index (χ2v) is 5.45. The number of carbonyl (C=O) groups is 2. The highest BCUT2D eigenvalue weighted by molar-refractivity contribution is 5.96. The highest BCUT2D eigenvalue weighted by atomic mass is 19.4. The molecule has 2 amide bonds. The van der Waals surface area contributed by atoms with Gasteiger partial charge in [-0.2, -0.15) is 13.2 Å². The summed E-state index contributed by atoms with van der Waals surface area (Å²) in [5, 5.41) is 0. The van der Waals surface area contributed by atoms with Gasteiger partial charge in [-0.05, 0) is 18.4 Å². The van der Waals surface area contributed by atoms with Gasteiger partial charge in [-0.1, -0.05) is 30.3 Å². The van der Waals surface area contributed by atoms with Crippen LogP contribution in [0.3, 0.4) is 0 Å². The van der Waals surface area contributed by atoms with Gasteiger partial charge in [0.1, 0.15) is 0 Å². The van der Waals surface area contributed by atoms with Crippen molar-refractivity contribution in [1.29, 1.82) is 0 Å². The van der Waals surface area contributed by atoms with Crippen molar-refractivity contribution in [2.45, 2.75) is 19.0 Å². The van der Waals surface area contributed by atoms with E-state index in [1.807, 2.05) is 0 Å². The maximum absolute atomic E-state index is 13.2. The summed E-state index contributed by atoms with van der Waals surface area (Å²) in [5.74, 6) is -1.80. The SMILES string of the molecule is NC(=O)[C@@H]1CCCN(C(=O)/C=C(/c2ccccc2)C(F)(F)F)C1. The highest BCUT2D eigenvalue weighted by Crippen LogP contribution is 2.34. The molecule has 1 fully saturated rings. The summed E-state index contributed by atoms with van der Waals surface area (Å²) in [6, 6.07) is 7.15. The van der Waals surface area contributed by atoms with Gasteiger partial charge < -0.3 is 10.6 Å². The van der Waals surface area contributed by atoms with E-state index in [-0.39, 0.29) is 12.1 Å². The summed E-state index contributed by atoms with van der Waals surface area (Å²) < 4.78 is 39.7. The quantitative estimate of drug-likeness (QED) is 0.867. The number of piperidine rings is 1. The zero-order valence-corrected chi connectivity index (χ0v) is 12.3. The number of alkyl halides is 3. The molecule has 1 aromatic rings. The number of rotatable bonds is 3. The Morgan fingerprint density at radius 3 is 2.43 bits per heavy atom. The molecule has 0 radical (unpaired) electrons. The fraction of sp³-hybridized carbons (Fsp3) is 0.375. The summed E-state index contributed by atoms with van der Waals surface area (Å²) in [5.41, 5.74) is 4.15. The summed E-state index contributed by atoms with van der Waals surface area (Å²) in [6.07, 6.45) is -2.96. The number of primary amides is 1. The number of halogens is 3. The molecule has 0 saturated carbocycles. The van der Waals surface area contributed by atoms with Gasteiger partial charge in [0, 0.05) is 19.2 Å². The highest BCUT2D eigenvalue weighted by Gasteiger charge is 2.36. The van der Waals surface area contributed by atoms with Gasteiger partial charge in [-0.15, -0.1) is 0 Å².